The summed E-state index contributed by atoms with van der Waals surface area (Å²) in [6.45, 7) is 4.29. The van der Waals surface area contributed by atoms with Gasteiger partial charge in [0.05, 0.1) is 4.91 Å². The number of allylic oxidation sites excluding steroid dienone is 1. The quantitative estimate of drug-likeness (QED) is 0.708. The molecule has 1 aliphatic heterocycles. The maximum atomic E-state index is 12.8. The van der Waals surface area contributed by atoms with E-state index in [1.54, 1.807) is 0 Å². The van der Waals surface area contributed by atoms with Gasteiger partial charge >= 0.3 is 5.97 Å². The van der Waals surface area contributed by atoms with Gasteiger partial charge in [-0.15, -0.1) is 23.5 Å². The Hall–Kier alpha value is -1.20. The molecule has 1 N–H and O–H groups in total. The summed E-state index contributed by atoms with van der Waals surface area (Å²) in [5.41, 5.74) is 1.24. The van der Waals surface area contributed by atoms with Crippen molar-refractivity contribution in [3.05, 3.63) is 45.7 Å². The van der Waals surface area contributed by atoms with Gasteiger partial charge in [0.2, 0.25) is 0 Å². The number of Topliss-reactive ketones (excluding diaryl/α,β-unsaturated/α-hetero) is 1. The van der Waals surface area contributed by atoms with E-state index in [0.29, 0.717) is 11.3 Å². The number of carbonyl (C=O) groups is 2. The molecular weight excluding hydrogens is 340 g/mol. The van der Waals surface area contributed by atoms with Crippen LogP contribution in [0.25, 0.3) is 0 Å². The minimum Gasteiger partial charge on any atom is -0.477 e. The number of benzene rings is 1. The number of aliphatic carboxylic acids is 1. The molecule has 0 radical (unpaired) electrons. The Balaban J connectivity index is 2.17. The first-order valence-electron chi connectivity index (χ1n) is 8.35. The van der Waals surface area contributed by atoms with Crippen LogP contribution >= 0.6 is 23.5 Å². The highest BCUT2D eigenvalue weighted by Crippen LogP contribution is 2.38. The van der Waals surface area contributed by atoms with Crippen LogP contribution in [-0.4, -0.2) is 28.4 Å². The molecule has 0 saturated heterocycles. The van der Waals surface area contributed by atoms with Crippen LogP contribution in [0.15, 0.2) is 40.1 Å². The van der Waals surface area contributed by atoms with Gasteiger partial charge in [0.15, 0.2) is 5.78 Å². The van der Waals surface area contributed by atoms with Crippen LogP contribution in [0.5, 0.6) is 0 Å². The van der Waals surface area contributed by atoms with Gasteiger partial charge in [-0.05, 0) is 23.8 Å². The van der Waals surface area contributed by atoms with Crippen molar-refractivity contribution in [3.63, 3.8) is 0 Å². The molecule has 0 spiro atoms. The highest BCUT2D eigenvalue weighted by molar-refractivity contribution is 8.11. The molecule has 1 aliphatic rings. The monoisotopic (exact) mass is 364 g/mol. The number of ketones is 1. The number of rotatable bonds is 8. The normalized spacial score (nSPS) is 17.4. The van der Waals surface area contributed by atoms with Crippen LogP contribution in [0.3, 0.4) is 0 Å². The number of carboxylic acid groups (broad SMARTS) is 1. The topological polar surface area (TPSA) is 54.4 Å². The highest BCUT2D eigenvalue weighted by Gasteiger charge is 2.28. The predicted octanol–water partition coefficient (Wildman–Crippen LogP) is 4.94. The van der Waals surface area contributed by atoms with Crippen LogP contribution in [0, 0.1) is 5.92 Å². The van der Waals surface area contributed by atoms with Gasteiger partial charge in [-0.25, -0.2) is 4.79 Å². The number of carbonyl (C=O) groups excluding carboxylic acids is 1. The van der Waals surface area contributed by atoms with E-state index in [-0.39, 0.29) is 22.5 Å². The molecule has 0 saturated carbocycles. The summed E-state index contributed by atoms with van der Waals surface area (Å²) in [7, 11) is 0. The van der Waals surface area contributed by atoms with Gasteiger partial charge in [-0.1, -0.05) is 50.6 Å². The summed E-state index contributed by atoms with van der Waals surface area (Å²) >= 11 is 2.70. The lowest BCUT2D eigenvalue weighted by molar-refractivity contribution is -0.132. The first-order valence-corrected chi connectivity index (χ1v) is 10.3. The fourth-order valence-corrected chi connectivity index (χ4v) is 5.30. The van der Waals surface area contributed by atoms with E-state index in [9.17, 15) is 14.7 Å². The summed E-state index contributed by atoms with van der Waals surface area (Å²) in [5, 5.41) is 9.34. The van der Waals surface area contributed by atoms with Crippen molar-refractivity contribution in [2.45, 2.75) is 39.0 Å². The zero-order valence-electron chi connectivity index (χ0n) is 14.2. The largest absolute Gasteiger partial charge is 0.477 e. The minimum atomic E-state index is -0.973. The molecule has 0 amide bonds. The van der Waals surface area contributed by atoms with Crippen molar-refractivity contribution in [3.8, 4) is 0 Å². The third-order valence-electron chi connectivity index (χ3n) is 4.37. The summed E-state index contributed by atoms with van der Waals surface area (Å²) in [4.78, 5) is 24.9. The molecule has 2 rings (SSSR count). The summed E-state index contributed by atoms with van der Waals surface area (Å²) in [6.07, 6.45) is 2.40. The Morgan fingerprint density at radius 1 is 1.12 bits per heavy atom. The summed E-state index contributed by atoms with van der Waals surface area (Å²) < 4.78 is 0. The van der Waals surface area contributed by atoms with E-state index >= 15 is 0 Å². The molecule has 0 aromatic heterocycles. The van der Waals surface area contributed by atoms with Crippen LogP contribution in [-0.2, 0) is 9.59 Å². The van der Waals surface area contributed by atoms with Crippen molar-refractivity contribution in [1.29, 1.82) is 0 Å². The Kier molecular flexibility index (Phi) is 7.43. The molecule has 2 atom stereocenters. The fraction of sp³-hybridized carbons (Fsp3) is 0.474. The van der Waals surface area contributed by atoms with Crippen molar-refractivity contribution in [2.75, 3.05) is 11.5 Å². The third-order valence-corrected chi connectivity index (χ3v) is 6.96. The predicted molar refractivity (Wildman–Crippen MR) is 102 cm³/mol. The Bertz CT molecular complexity index is 610. The lowest BCUT2D eigenvalue weighted by Gasteiger charge is -2.25. The van der Waals surface area contributed by atoms with E-state index in [1.807, 2.05) is 18.2 Å². The standard InChI is InChI=1S/C19H24O3S2/c1-3-7-15(13(2)14-8-5-4-6-9-14)12-16(20)17-18(19(21)22)24-11-10-23-17/h4-6,8-9,13,15H,3,7,10-12H2,1-2H3,(H,21,22)/t13-,15?/m0/s1. The van der Waals surface area contributed by atoms with Crippen LogP contribution in [0.1, 0.15) is 44.6 Å². The van der Waals surface area contributed by atoms with E-state index in [1.165, 1.54) is 29.1 Å². The van der Waals surface area contributed by atoms with E-state index in [2.05, 4.69) is 26.0 Å². The molecule has 0 fully saturated rings. The molecule has 0 aliphatic carbocycles. The molecular formula is C19H24O3S2. The van der Waals surface area contributed by atoms with E-state index in [0.717, 1.165) is 24.3 Å². The van der Waals surface area contributed by atoms with Gasteiger partial charge in [0, 0.05) is 17.9 Å². The molecule has 1 unspecified atom stereocenters. The molecule has 5 heteroatoms. The van der Waals surface area contributed by atoms with Crippen LogP contribution in [0.4, 0.5) is 0 Å². The Morgan fingerprint density at radius 3 is 2.33 bits per heavy atom. The zero-order chi connectivity index (χ0) is 17.5. The first kappa shape index (κ1) is 19.1. The average Bonchev–Trinajstić information content (AvgIpc) is 2.61. The second-order valence-corrected chi connectivity index (χ2v) is 8.25. The van der Waals surface area contributed by atoms with Gasteiger partial charge < -0.3 is 5.11 Å². The minimum absolute atomic E-state index is 0.00849. The Morgan fingerprint density at radius 2 is 1.75 bits per heavy atom. The molecule has 3 nitrogen and oxygen atoms in total. The maximum Gasteiger partial charge on any atom is 0.343 e. The van der Waals surface area contributed by atoms with Gasteiger partial charge in [0.25, 0.3) is 0 Å². The lowest BCUT2D eigenvalue weighted by Crippen LogP contribution is -2.19. The average molecular weight is 365 g/mol. The van der Waals surface area contributed by atoms with Crippen molar-refractivity contribution in [1.82, 2.24) is 0 Å². The zero-order valence-corrected chi connectivity index (χ0v) is 15.8. The number of hydrogen-bond donors (Lipinski definition) is 1. The Labute approximate surface area is 152 Å². The smallest absolute Gasteiger partial charge is 0.343 e. The van der Waals surface area contributed by atoms with Crippen LogP contribution < -0.4 is 0 Å². The van der Waals surface area contributed by atoms with Crippen molar-refractivity contribution in [2.24, 2.45) is 5.92 Å². The van der Waals surface area contributed by atoms with Gasteiger partial charge in [-0.2, -0.15) is 0 Å². The van der Waals surface area contributed by atoms with Gasteiger partial charge in [0.1, 0.15) is 4.91 Å². The molecule has 24 heavy (non-hydrogen) atoms. The van der Waals surface area contributed by atoms with Crippen molar-refractivity contribution < 1.29 is 14.7 Å². The highest BCUT2D eigenvalue weighted by atomic mass is 32.2. The second-order valence-electron chi connectivity index (χ2n) is 6.04. The first-order chi connectivity index (χ1) is 11.5. The molecule has 1 aromatic rings. The molecule has 130 valence electrons. The number of thioether (sulfide) groups is 2. The summed E-state index contributed by atoms with van der Waals surface area (Å²) in [5.74, 6) is 1.09. The molecule has 1 heterocycles. The van der Waals surface area contributed by atoms with Gasteiger partial charge in [-0.3, -0.25) is 4.79 Å². The maximum absolute atomic E-state index is 12.8. The fourth-order valence-electron chi connectivity index (χ4n) is 3.04. The molecule has 1 aromatic carbocycles. The van der Waals surface area contributed by atoms with E-state index in [4.69, 9.17) is 0 Å². The SMILES string of the molecule is CCCC(CC(=O)C1=C(C(=O)O)SCCS1)[C@@H](C)c1ccccc1. The van der Waals surface area contributed by atoms with Crippen LogP contribution in [0.2, 0.25) is 0 Å². The van der Waals surface area contributed by atoms with E-state index < -0.39 is 5.97 Å². The number of hydrogen-bond acceptors (Lipinski definition) is 4. The third kappa shape index (κ3) is 4.90. The molecule has 0 bridgehead atoms. The second kappa shape index (κ2) is 9.33. The summed E-state index contributed by atoms with van der Waals surface area (Å²) in [6, 6.07) is 10.2. The van der Waals surface area contributed by atoms with Crippen molar-refractivity contribution >= 4 is 35.3 Å². The number of carboxylic acids is 1. The lowest BCUT2D eigenvalue weighted by atomic mass is 9.81.